The molecule has 2 heteroatoms. The summed E-state index contributed by atoms with van der Waals surface area (Å²) in [5.41, 5.74) is 1.53. The molecule has 0 atom stereocenters. The Morgan fingerprint density at radius 2 is 1.75 bits per heavy atom. The van der Waals surface area contributed by atoms with Crippen molar-refractivity contribution in [2.75, 3.05) is 0 Å². The van der Waals surface area contributed by atoms with Crippen LogP contribution in [-0.2, 0) is 6.42 Å². The molecule has 0 aliphatic carbocycles. The molecule has 0 heterocycles. The Kier molecular flexibility index (Phi) is 4.86. The summed E-state index contributed by atoms with van der Waals surface area (Å²) in [6, 6.07) is 6.50. The van der Waals surface area contributed by atoms with Crippen LogP contribution in [0.1, 0.15) is 25.3 Å². The Morgan fingerprint density at radius 3 is 2.25 bits per heavy atom. The minimum absolute atomic E-state index is 1.23. The van der Waals surface area contributed by atoms with Crippen molar-refractivity contribution >= 4 is 45.2 Å². The number of benzene rings is 1. The maximum absolute atomic E-state index is 2.42. The number of halogens is 2. The van der Waals surface area contributed by atoms with E-state index in [-0.39, 0.29) is 0 Å². The first-order valence-corrected chi connectivity index (χ1v) is 6.34. The zero-order chi connectivity index (χ0) is 8.97. The first kappa shape index (κ1) is 10.8. The molecule has 0 unspecified atom stereocenters. The van der Waals surface area contributed by atoms with Crippen LogP contribution in [0.2, 0.25) is 0 Å². The molecule has 12 heavy (non-hydrogen) atoms. The highest BCUT2D eigenvalue weighted by Gasteiger charge is 2.02. The summed E-state index contributed by atoms with van der Waals surface area (Å²) in [5, 5.41) is 0. The summed E-state index contributed by atoms with van der Waals surface area (Å²) in [6.45, 7) is 2.24. The van der Waals surface area contributed by atoms with Crippen molar-refractivity contribution in [2.45, 2.75) is 26.2 Å². The highest BCUT2D eigenvalue weighted by molar-refractivity contribution is 14.1. The lowest BCUT2D eigenvalue weighted by molar-refractivity contribution is 0.790. The van der Waals surface area contributed by atoms with Crippen LogP contribution in [0.15, 0.2) is 18.2 Å². The molecule has 1 rings (SSSR count). The van der Waals surface area contributed by atoms with Crippen LogP contribution in [0.25, 0.3) is 0 Å². The summed E-state index contributed by atoms with van der Waals surface area (Å²) in [5.74, 6) is 0. The second-order valence-electron chi connectivity index (χ2n) is 2.80. The van der Waals surface area contributed by atoms with E-state index in [9.17, 15) is 0 Å². The zero-order valence-electron chi connectivity index (χ0n) is 7.11. The first-order valence-electron chi connectivity index (χ1n) is 4.18. The number of rotatable bonds is 3. The summed E-state index contributed by atoms with van der Waals surface area (Å²) in [7, 11) is 0. The third-order valence-electron chi connectivity index (χ3n) is 1.84. The second-order valence-corrected chi connectivity index (χ2v) is 5.13. The number of hydrogen-bond acceptors (Lipinski definition) is 0. The van der Waals surface area contributed by atoms with Crippen molar-refractivity contribution in [3.8, 4) is 0 Å². The zero-order valence-corrected chi connectivity index (χ0v) is 11.4. The first-order chi connectivity index (χ1) is 5.75. The van der Waals surface area contributed by atoms with Crippen LogP contribution in [-0.4, -0.2) is 0 Å². The molecule has 0 spiro atoms. The van der Waals surface area contributed by atoms with E-state index in [2.05, 4.69) is 70.3 Å². The maximum Gasteiger partial charge on any atom is 0.0172 e. The second kappa shape index (κ2) is 5.42. The third-order valence-corrected chi connectivity index (χ3v) is 3.86. The Balaban J connectivity index is 2.81. The minimum Gasteiger partial charge on any atom is -0.0654 e. The average molecular weight is 386 g/mol. The van der Waals surface area contributed by atoms with E-state index in [4.69, 9.17) is 0 Å². The van der Waals surface area contributed by atoms with Gasteiger partial charge in [0.25, 0.3) is 0 Å². The van der Waals surface area contributed by atoms with Crippen LogP contribution < -0.4 is 0 Å². The van der Waals surface area contributed by atoms with Crippen LogP contribution >= 0.6 is 45.2 Å². The van der Waals surface area contributed by atoms with E-state index < -0.39 is 0 Å². The van der Waals surface area contributed by atoms with Gasteiger partial charge in [-0.05, 0) is 75.7 Å². The molecule has 66 valence electrons. The van der Waals surface area contributed by atoms with E-state index in [0.29, 0.717) is 0 Å². The Bertz CT molecular complexity index is 236. The van der Waals surface area contributed by atoms with E-state index in [1.54, 1.807) is 0 Å². The quantitative estimate of drug-likeness (QED) is 0.683. The number of unbranched alkanes of at least 4 members (excludes halogenated alkanes) is 1. The van der Waals surface area contributed by atoms with Gasteiger partial charge in [0, 0.05) is 7.14 Å². The van der Waals surface area contributed by atoms with Gasteiger partial charge in [-0.15, -0.1) is 0 Å². The normalized spacial score (nSPS) is 10.2. The molecule has 1 aromatic carbocycles. The molecule has 0 aliphatic rings. The standard InChI is InChI=1S/C10H12I2/c1-2-3-5-8-9(11)6-4-7-10(8)12/h4,6-7H,2-3,5H2,1H3. The monoisotopic (exact) mass is 386 g/mol. The highest BCUT2D eigenvalue weighted by atomic mass is 127. The molecule has 0 fully saturated rings. The van der Waals surface area contributed by atoms with Crippen molar-refractivity contribution in [2.24, 2.45) is 0 Å². The predicted octanol–water partition coefficient (Wildman–Crippen LogP) is 4.24. The molecule has 0 radical (unpaired) electrons. The highest BCUT2D eigenvalue weighted by Crippen LogP contribution is 2.20. The van der Waals surface area contributed by atoms with E-state index in [1.807, 2.05) is 0 Å². The maximum atomic E-state index is 2.42. The van der Waals surface area contributed by atoms with Gasteiger partial charge >= 0.3 is 0 Å². The molecule has 0 N–H and O–H groups in total. The fourth-order valence-electron chi connectivity index (χ4n) is 1.12. The summed E-state index contributed by atoms with van der Waals surface area (Å²) in [6.07, 6.45) is 3.81. The fraction of sp³-hybridized carbons (Fsp3) is 0.400. The van der Waals surface area contributed by atoms with Crippen LogP contribution in [0.3, 0.4) is 0 Å². The molecule has 0 saturated heterocycles. The Labute approximate surface area is 101 Å². The van der Waals surface area contributed by atoms with Crippen LogP contribution in [0, 0.1) is 7.14 Å². The van der Waals surface area contributed by atoms with Gasteiger partial charge in [-0.2, -0.15) is 0 Å². The smallest absolute Gasteiger partial charge is 0.0172 e. The minimum atomic E-state index is 1.23. The summed E-state index contributed by atoms with van der Waals surface area (Å²) < 4.78 is 2.82. The topological polar surface area (TPSA) is 0 Å². The van der Waals surface area contributed by atoms with Gasteiger partial charge in [0.1, 0.15) is 0 Å². The van der Waals surface area contributed by atoms with Gasteiger partial charge in [-0.1, -0.05) is 19.4 Å². The predicted molar refractivity (Wildman–Crippen MR) is 70.5 cm³/mol. The molecule has 0 bridgehead atoms. The lowest BCUT2D eigenvalue weighted by atomic mass is 10.1. The van der Waals surface area contributed by atoms with Crippen molar-refractivity contribution in [3.05, 3.63) is 30.9 Å². The van der Waals surface area contributed by atoms with E-state index in [1.165, 1.54) is 32.0 Å². The molecular formula is C10H12I2. The molecule has 1 aromatic rings. The molecule has 0 nitrogen and oxygen atoms in total. The Morgan fingerprint density at radius 1 is 1.17 bits per heavy atom. The lowest BCUT2D eigenvalue weighted by Gasteiger charge is -2.05. The fourth-order valence-corrected chi connectivity index (χ4v) is 3.18. The largest absolute Gasteiger partial charge is 0.0654 e. The summed E-state index contributed by atoms with van der Waals surface area (Å²) in [4.78, 5) is 0. The number of hydrogen-bond donors (Lipinski definition) is 0. The summed E-state index contributed by atoms with van der Waals surface area (Å²) >= 11 is 4.84. The van der Waals surface area contributed by atoms with Crippen molar-refractivity contribution < 1.29 is 0 Å². The van der Waals surface area contributed by atoms with Gasteiger partial charge in [-0.3, -0.25) is 0 Å². The molecule has 0 saturated carbocycles. The van der Waals surface area contributed by atoms with Crippen molar-refractivity contribution in [3.63, 3.8) is 0 Å². The van der Waals surface area contributed by atoms with Gasteiger partial charge in [0.2, 0.25) is 0 Å². The van der Waals surface area contributed by atoms with E-state index >= 15 is 0 Å². The lowest BCUT2D eigenvalue weighted by Crippen LogP contribution is -1.92. The van der Waals surface area contributed by atoms with E-state index in [0.717, 1.165) is 0 Å². The van der Waals surface area contributed by atoms with Gasteiger partial charge in [0.15, 0.2) is 0 Å². The molecule has 0 aliphatic heterocycles. The molecule has 0 aromatic heterocycles. The molecule has 0 amide bonds. The Hall–Kier alpha value is 0.680. The van der Waals surface area contributed by atoms with Crippen LogP contribution in [0.4, 0.5) is 0 Å². The molecular weight excluding hydrogens is 374 g/mol. The van der Waals surface area contributed by atoms with Gasteiger partial charge in [0.05, 0.1) is 0 Å². The van der Waals surface area contributed by atoms with Crippen molar-refractivity contribution in [1.82, 2.24) is 0 Å². The van der Waals surface area contributed by atoms with Crippen LogP contribution in [0.5, 0.6) is 0 Å². The average Bonchev–Trinajstić information content (AvgIpc) is 2.04. The third kappa shape index (κ3) is 2.87. The SMILES string of the molecule is CCCCc1c(I)cccc1I. The van der Waals surface area contributed by atoms with Gasteiger partial charge in [-0.25, -0.2) is 0 Å². The van der Waals surface area contributed by atoms with Crippen molar-refractivity contribution in [1.29, 1.82) is 0 Å². The van der Waals surface area contributed by atoms with Gasteiger partial charge < -0.3 is 0 Å².